The summed E-state index contributed by atoms with van der Waals surface area (Å²) in [6, 6.07) is 0. The highest BCUT2D eigenvalue weighted by atomic mass is 32.1. The van der Waals surface area contributed by atoms with Crippen molar-refractivity contribution >= 4 is 45.8 Å². The monoisotopic (exact) mass is 361 g/mol. The van der Waals surface area contributed by atoms with E-state index in [4.69, 9.17) is 0 Å². The minimum atomic E-state index is -0.261. The first kappa shape index (κ1) is 14.7. The predicted octanol–water partition coefficient (Wildman–Crippen LogP) is 3.84. The van der Waals surface area contributed by atoms with Crippen molar-refractivity contribution in [1.82, 2.24) is 14.9 Å². The van der Waals surface area contributed by atoms with Crippen molar-refractivity contribution in [2.24, 2.45) is 0 Å². The van der Waals surface area contributed by atoms with Gasteiger partial charge in [-0.3, -0.25) is 14.5 Å². The zero-order chi connectivity index (χ0) is 16.3. The predicted molar refractivity (Wildman–Crippen MR) is 92.4 cm³/mol. The van der Waals surface area contributed by atoms with Gasteiger partial charge in [0.25, 0.3) is 11.8 Å². The number of nitrogens with zero attached hydrogens (tertiary/aromatic N) is 3. The number of aryl methyl sites for hydroxylation is 2. The molecule has 4 heterocycles. The van der Waals surface area contributed by atoms with Crippen LogP contribution in [0.2, 0.25) is 0 Å². The molecule has 0 saturated heterocycles. The number of thiophene rings is 1. The average Bonchev–Trinajstić information content (AvgIpc) is 3.24. The maximum Gasteiger partial charge on any atom is 0.262 e. The molecule has 0 atom stereocenters. The van der Waals surface area contributed by atoms with Gasteiger partial charge >= 0.3 is 0 Å². The third-order valence-electron chi connectivity index (χ3n) is 3.58. The Hall–Kier alpha value is -1.90. The fraction of sp³-hybridized carbons (Fsp3) is 0.200. The van der Waals surface area contributed by atoms with Crippen LogP contribution in [0, 0.1) is 13.8 Å². The van der Waals surface area contributed by atoms with Crippen LogP contribution in [0.15, 0.2) is 12.4 Å². The number of thiazole rings is 2. The lowest BCUT2D eigenvalue weighted by Crippen LogP contribution is -2.24. The summed E-state index contributed by atoms with van der Waals surface area (Å²) in [7, 11) is 1.52. The molecule has 0 aliphatic carbocycles. The molecule has 116 valence electrons. The number of carbonyl (C=O) groups excluding carboxylic acids is 2. The summed E-state index contributed by atoms with van der Waals surface area (Å²) in [5, 5.41) is 1.56. The molecule has 4 rings (SSSR count). The molecule has 0 radical (unpaired) electrons. The first-order chi connectivity index (χ1) is 11.0. The van der Waals surface area contributed by atoms with Gasteiger partial charge in [0.05, 0.1) is 20.9 Å². The fourth-order valence-corrected chi connectivity index (χ4v) is 5.48. The molecule has 23 heavy (non-hydrogen) atoms. The standard InChI is InChI=1S/C15H11N3O2S3/c1-6-4-16-12(21-6)10-8-9(15(20)18(3)14(8)19)11(23-10)13-17-5-7(2)22-13/h4-5H,1-3H3. The van der Waals surface area contributed by atoms with Crippen molar-refractivity contribution in [3.63, 3.8) is 0 Å². The third-order valence-corrected chi connectivity index (χ3v) is 6.90. The molecule has 0 aromatic carbocycles. The lowest BCUT2D eigenvalue weighted by atomic mass is 10.1. The molecule has 1 aliphatic heterocycles. The van der Waals surface area contributed by atoms with E-state index in [2.05, 4.69) is 9.97 Å². The van der Waals surface area contributed by atoms with Gasteiger partial charge in [0, 0.05) is 29.2 Å². The molecule has 0 unspecified atom stereocenters. The number of aromatic nitrogens is 2. The molecule has 5 nitrogen and oxygen atoms in total. The number of rotatable bonds is 2. The molecular weight excluding hydrogens is 350 g/mol. The molecular formula is C15H11N3O2S3. The van der Waals surface area contributed by atoms with Crippen molar-refractivity contribution in [2.45, 2.75) is 13.8 Å². The van der Waals surface area contributed by atoms with Crippen molar-refractivity contribution in [1.29, 1.82) is 0 Å². The van der Waals surface area contributed by atoms with E-state index in [9.17, 15) is 9.59 Å². The van der Waals surface area contributed by atoms with Gasteiger partial charge in [0.1, 0.15) is 10.0 Å². The summed E-state index contributed by atoms with van der Waals surface area (Å²) < 4.78 is 0. The minimum Gasteiger partial charge on any atom is -0.277 e. The van der Waals surface area contributed by atoms with Crippen molar-refractivity contribution in [3.05, 3.63) is 33.3 Å². The molecule has 0 saturated carbocycles. The molecule has 0 fully saturated rings. The quantitative estimate of drug-likeness (QED) is 0.651. The van der Waals surface area contributed by atoms with E-state index in [0.717, 1.165) is 29.5 Å². The van der Waals surface area contributed by atoms with Crippen LogP contribution in [0.25, 0.3) is 19.8 Å². The van der Waals surface area contributed by atoms with Gasteiger partial charge in [-0.05, 0) is 13.8 Å². The second-order valence-corrected chi connectivity index (χ2v) is 8.72. The van der Waals surface area contributed by atoms with Crippen LogP contribution < -0.4 is 0 Å². The average molecular weight is 361 g/mol. The van der Waals surface area contributed by atoms with E-state index in [1.165, 1.54) is 46.0 Å². The molecule has 0 N–H and O–H groups in total. The SMILES string of the molecule is Cc1cnc(-c2sc(-c3ncc(C)s3)c3c2C(=O)N(C)C3=O)s1. The highest BCUT2D eigenvalue weighted by Crippen LogP contribution is 2.47. The zero-order valence-corrected chi connectivity index (χ0v) is 15.0. The van der Waals surface area contributed by atoms with Gasteiger partial charge in [0.2, 0.25) is 0 Å². The second-order valence-electron chi connectivity index (χ2n) is 5.23. The van der Waals surface area contributed by atoms with Gasteiger partial charge < -0.3 is 0 Å². The van der Waals surface area contributed by atoms with Crippen LogP contribution in [0.4, 0.5) is 0 Å². The van der Waals surface area contributed by atoms with Crippen molar-refractivity contribution in [3.8, 4) is 19.8 Å². The van der Waals surface area contributed by atoms with E-state index in [1.807, 2.05) is 13.8 Å². The first-order valence-corrected chi connectivity index (χ1v) is 9.27. The Kier molecular flexibility index (Phi) is 3.22. The number of amides is 2. The van der Waals surface area contributed by atoms with E-state index in [0.29, 0.717) is 11.1 Å². The molecule has 0 bridgehead atoms. The summed E-state index contributed by atoms with van der Waals surface area (Å²) in [5.41, 5.74) is 0.944. The van der Waals surface area contributed by atoms with E-state index in [-0.39, 0.29) is 11.8 Å². The summed E-state index contributed by atoms with van der Waals surface area (Å²) in [4.78, 5) is 38.7. The van der Waals surface area contributed by atoms with E-state index in [1.54, 1.807) is 12.4 Å². The molecule has 3 aromatic rings. The summed E-state index contributed by atoms with van der Waals surface area (Å²) in [5.74, 6) is -0.521. The number of imide groups is 1. The van der Waals surface area contributed by atoms with Crippen LogP contribution in [-0.4, -0.2) is 33.7 Å². The highest BCUT2D eigenvalue weighted by Gasteiger charge is 2.41. The number of hydrogen-bond acceptors (Lipinski definition) is 7. The lowest BCUT2D eigenvalue weighted by molar-refractivity contribution is 0.0693. The third kappa shape index (κ3) is 2.09. The summed E-state index contributed by atoms with van der Waals surface area (Å²) >= 11 is 4.48. The Bertz CT molecular complexity index is 892. The number of fused-ring (bicyclic) bond motifs is 1. The first-order valence-electron chi connectivity index (χ1n) is 6.82. The molecule has 8 heteroatoms. The maximum absolute atomic E-state index is 12.5. The largest absolute Gasteiger partial charge is 0.277 e. The van der Waals surface area contributed by atoms with E-state index >= 15 is 0 Å². The molecule has 1 aliphatic rings. The van der Waals surface area contributed by atoms with E-state index < -0.39 is 0 Å². The van der Waals surface area contributed by atoms with Crippen molar-refractivity contribution in [2.75, 3.05) is 7.05 Å². The number of carbonyl (C=O) groups is 2. The topological polar surface area (TPSA) is 63.2 Å². The molecule has 2 amide bonds. The Morgan fingerprint density at radius 1 is 0.826 bits per heavy atom. The molecule has 0 spiro atoms. The lowest BCUT2D eigenvalue weighted by Gasteiger charge is -2.06. The van der Waals surface area contributed by atoms with Gasteiger partial charge in [0.15, 0.2) is 0 Å². The zero-order valence-electron chi connectivity index (χ0n) is 12.5. The summed E-state index contributed by atoms with van der Waals surface area (Å²) in [6.07, 6.45) is 3.56. The van der Waals surface area contributed by atoms with Crippen LogP contribution in [-0.2, 0) is 0 Å². The highest BCUT2D eigenvalue weighted by molar-refractivity contribution is 7.26. The van der Waals surface area contributed by atoms with Gasteiger partial charge in [-0.1, -0.05) is 0 Å². The van der Waals surface area contributed by atoms with Crippen LogP contribution >= 0.6 is 34.0 Å². The normalized spacial score (nSPS) is 14.0. The minimum absolute atomic E-state index is 0.261. The second kappa shape index (κ2) is 5.05. The Balaban J connectivity index is 2.01. The van der Waals surface area contributed by atoms with Crippen molar-refractivity contribution < 1.29 is 9.59 Å². The Morgan fingerprint density at radius 3 is 1.61 bits per heavy atom. The Morgan fingerprint density at radius 2 is 1.26 bits per heavy atom. The summed E-state index contributed by atoms with van der Waals surface area (Å²) in [6.45, 7) is 3.94. The molecule has 3 aromatic heterocycles. The smallest absolute Gasteiger partial charge is 0.262 e. The van der Waals surface area contributed by atoms with Crippen LogP contribution in [0.1, 0.15) is 30.5 Å². The van der Waals surface area contributed by atoms with Gasteiger partial charge in [-0.25, -0.2) is 9.97 Å². The maximum atomic E-state index is 12.5. The Labute approximate surface area is 144 Å². The van der Waals surface area contributed by atoms with Gasteiger partial charge in [-0.2, -0.15) is 0 Å². The number of hydrogen-bond donors (Lipinski definition) is 0. The van der Waals surface area contributed by atoms with Crippen LogP contribution in [0.5, 0.6) is 0 Å². The van der Waals surface area contributed by atoms with Crippen LogP contribution in [0.3, 0.4) is 0 Å². The fourth-order valence-electron chi connectivity index (χ4n) is 2.49. The van der Waals surface area contributed by atoms with Gasteiger partial charge in [-0.15, -0.1) is 34.0 Å².